The van der Waals surface area contributed by atoms with E-state index in [-0.39, 0.29) is 0 Å². The summed E-state index contributed by atoms with van der Waals surface area (Å²) in [7, 11) is 0. The first-order valence-electron chi connectivity index (χ1n) is 6.67. The average molecular weight is 211 g/mol. The van der Waals surface area contributed by atoms with Gasteiger partial charge in [0.1, 0.15) is 0 Å². The summed E-state index contributed by atoms with van der Waals surface area (Å²) in [5.41, 5.74) is 6.25. The van der Waals surface area contributed by atoms with Crippen molar-refractivity contribution in [1.82, 2.24) is 0 Å². The van der Waals surface area contributed by atoms with Crippen LogP contribution in [0.3, 0.4) is 0 Å². The molecule has 2 atom stereocenters. The topological polar surface area (TPSA) is 35.2 Å². The smallest absolute Gasteiger partial charge is 0.0687 e. The van der Waals surface area contributed by atoms with Gasteiger partial charge >= 0.3 is 0 Å². The van der Waals surface area contributed by atoms with Gasteiger partial charge in [-0.05, 0) is 44.9 Å². The molecule has 2 N–H and O–H groups in total. The fourth-order valence-electron chi connectivity index (χ4n) is 3.09. The van der Waals surface area contributed by atoms with Crippen LogP contribution >= 0.6 is 0 Å². The highest BCUT2D eigenvalue weighted by Crippen LogP contribution is 2.44. The largest absolute Gasteiger partial charge is 0.372 e. The lowest BCUT2D eigenvalue weighted by Crippen LogP contribution is -2.26. The summed E-state index contributed by atoms with van der Waals surface area (Å²) in [5, 5.41) is 0. The predicted octanol–water partition coefficient (Wildman–Crippen LogP) is 3.00. The third-order valence-electron chi connectivity index (χ3n) is 4.24. The number of hydrogen-bond donors (Lipinski definition) is 1. The van der Waals surface area contributed by atoms with E-state index < -0.39 is 0 Å². The first-order chi connectivity index (χ1) is 7.24. The van der Waals surface area contributed by atoms with Gasteiger partial charge in [-0.15, -0.1) is 0 Å². The zero-order valence-corrected chi connectivity index (χ0v) is 10.0. The Kier molecular flexibility index (Phi) is 3.68. The van der Waals surface area contributed by atoms with Gasteiger partial charge in [-0.2, -0.15) is 0 Å². The Bertz CT molecular complexity index is 199. The molecule has 2 fully saturated rings. The molecule has 15 heavy (non-hydrogen) atoms. The van der Waals surface area contributed by atoms with Crippen LogP contribution in [-0.4, -0.2) is 17.7 Å². The molecular formula is C13H25NO. The molecule has 1 heterocycles. The summed E-state index contributed by atoms with van der Waals surface area (Å²) in [4.78, 5) is 0. The van der Waals surface area contributed by atoms with Crippen molar-refractivity contribution in [3.63, 3.8) is 0 Å². The van der Waals surface area contributed by atoms with Crippen molar-refractivity contribution in [2.75, 3.05) is 0 Å². The Labute approximate surface area is 93.6 Å². The van der Waals surface area contributed by atoms with Crippen LogP contribution in [0.15, 0.2) is 0 Å². The molecule has 2 rings (SSSR count). The number of hydrogen-bond acceptors (Lipinski definition) is 2. The molecule has 1 saturated carbocycles. The first kappa shape index (κ1) is 11.4. The summed E-state index contributed by atoms with van der Waals surface area (Å²) in [6, 6.07) is 0.383. The van der Waals surface area contributed by atoms with E-state index in [1.807, 2.05) is 0 Å². The fourth-order valence-corrected chi connectivity index (χ4v) is 3.09. The molecule has 2 heteroatoms. The summed E-state index contributed by atoms with van der Waals surface area (Å²) in [6.07, 6.45) is 11.9. The van der Waals surface area contributed by atoms with Gasteiger partial charge in [0.05, 0.1) is 11.7 Å². The Morgan fingerprint density at radius 2 is 2.07 bits per heavy atom. The lowest BCUT2D eigenvalue weighted by Gasteiger charge is -2.24. The van der Waals surface area contributed by atoms with Crippen molar-refractivity contribution in [2.45, 2.75) is 82.5 Å². The minimum absolute atomic E-state index is 0.307. The van der Waals surface area contributed by atoms with E-state index in [1.54, 1.807) is 0 Å². The van der Waals surface area contributed by atoms with Gasteiger partial charge in [0.25, 0.3) is 0 Å². The Balaban J connectivity index is 1.73. The van der Waals surface area contributed by atoms with Gasteiger partial charge in [-0.3, -0.25) is 0 Å². The van der Waals surface area contributed by atoms with E-state index in [0.717, 1.165) is 12.8 Å². The van der Waals surface area contributed by atoms with Gasteiger partial charge in [-0.1, -0.05) is 19.8 Å². The normalized spacial score (nSPS) is 31.2. The van der Waals surface area contributed by atoms with Gasteiger partial charge in [0.2, 0.25) is 0 Å². The molecule has 88 valence electrons. The maximum absolute atomic E-state index is 6.25. The molecule has 0 amide bonds. The van der Waals surface area contributed by atoms with Gasteiger partial charge in [0.15, 0.2) is 0 Å². The van der Waals surface area contributed by atoms with Crippen LogP contribution in [0, 0.1) is 0 Å². The van der Waals surface area contributed by atoms with E-state index in [9.17, 15) is 0 Å². The molecule has 0 radical (unpaired) electrons. The highest BCUT2D eigenvalue weighted by molar-refractivity contribution is 4.92. The molecule has 0 aromatic heterocycles. The summed E-state index contributed by atoms with van der Waals surface area (Å²) in [5.74, 6) is 0. The molecule has 1 spiro atoms. The third kappa shape index (κ3) is 2.73. The number of ether oxygens (including phenoxy) is 1. The fraction of sp³-hybridized carbons (Fsp3) is 1.00. The molecule has 1 aliphatic carbocycles. The zero-order valence-electron chi connectivity index (χ0n) is 10.0. The van der Waals surface area contributed by atoms with E-state index >= 15 is 0 Å². The minimum Gasteiger partial charge on any atom is -0.372 e. The molecule has 2 unspecified atom stereocenters. The van der Waals surface area contributed by atoms with Crippen LogP contribution in [0.25, 0.3) is 0 Å². The molecule has 1 aliphatic heterocycles. The Morgan fingerprint density at radius 1 is 1.33 bits per heavy atom. The zero-order chi connectivity index (χ0) is 10.7. The molecule has 2 nitrogen and oxygen atoms in total. The van der Waals surface area contributed by atoms with Crippen LogP contribution in [0.2, 0.25) is 0 Å². The van der Waals surface area contributed by atoms with Crippen molar-refractivity contribution in [2.24, 2.45) is 5.73 Å². The molecule has 0 aromatic carbocycles. The van der Waals surface area contributed by atoms with Gasteiger partial charge in [-0.25, -0.2) is 0 Å². The SMILES string of the molecule is CCC(N)CCC1CCC2(CCCC2)O1. The lowest BCUT2D eigenvalue weighted by atomic mass is 9.97. The van der Waals surface area contributed by atoms with Crippen molar-refractivity contribution < 1.29 is 4.74 Å². The molecule has 2 aliphatic rings. The van der Waals surface area contributed by atoms with E-state index in [4.69, 9.17) is 10.5 Å². The van der Waals surface area contributed by atoms with Gasteiger partial charge in [0, 0.05) is 6.04 Å². The lowest BCUT2D eigenvalue weighted by molar-refractivity contribution is -0.0398. The molecular weight excluding hydrogens is 186 g/mol. The maximum atomic E-state index is 6.25. The van der Waals surface area contributed by atoms with Crippen molar-refractivity contribution in [3.8, 4) is 0 Å². The second kappa shape index (κ2) is 4.84. The molecule has 1 saturated heterocycles. The van der Waals surface area contributed by atoms with E-state index in [1.165, 1.54) is 44.9 Å². The van der Waals surface area contributed by atoms with Crippen LogP contribution in [-0.2, 0) is 4.74 Å². The van der Waals surface area contributed by atoms with E-state index in [0.29, 0.717) is 17.7 Å². The van der Waals surface area contributed by atoms with Crippen LogP contribution in [0.5, 0.6) is 0 Å². The Hall–Kier alpha value is -0.0800. The summed E-state index contributed by atoms with van der Waals surface area (Å²) in [6.45, 7) is 2.17. The van der Waals surface area contributed by atoms with Gasteiger partial charge < -0.3 is 10.5 Å². The Morgan fingerprint density at radius 3 is 2.73 bits per heavy atom. The second-order valence-electron chi connectivity index (χ2n) is 5.41. The summed E-state index contributed by atoms with van der Waals surface area (Å²) < 4.78 is 6.25. The molecule has 0 bridgehead atoms. The average Bonchev–Trinajstić information content (AvgIpc) is 2.86. The minimum atomic E-state index is 0.307. The predicted molar refractivity (Wildman–Crippen MR) is 62.8 cm³/mol. The van der Waals surface area contributed by atoms with Crippen molar-refractivity contribution in [3.05, 3.63) is 0 Å². The number of rotatable bonds is 4. The van der Waals surface area contributed by atoms with Crippen molar-refractivity contribution >= 4 is 0 Å². The quantitative estimate of drug-likeness (QED) is 0.776. The highest BCUT2D eigenvalue weighted by atomic mass is 16.5. The maximum Gasteiger partial charge on any atom is 0.0687 e. The first-order valence-corrected chi connectivity index (χ1v) is 6.67. The van der Waals surface area contributed by atoms with E-state index in [2.05, 4.69) is 6.92 Å². The van der Waals surface area contributed by atoms with Crippen LogP contribution < -0.4 is 5.73 Å². The number of nitrogens with two attached hydrogens (primary N) is 1. The second-order valence-corrected chi connectivity index (χ2v) is 5.41. The third-order valence-corrected chi connectivity index (χ3v) is 4.24. The summed E-state index contributed by atoms with van der Waals surface area (Å²) >= 11 is 0. The van der Waals surface area contributed by atoms with Crippen molar-refractivity contribution in [1.29, 1.82) is 0 Å². The highest BCUT2D eigenvalue weighted by Gasteiger charge is 2.41. The monoisotopic (exact) mass is 211 g/mol. The van der Waals surface area contributed by atoms with Crippen LogP contribution in [0.1, 0.15) is 64.7 Å². The molecule has 0 aromatic rings. The van der Waals surface area contributed by atoms with Crippen LogP contribution in [0.4, 0.5) is 0 Å². The standard InChI is InChI=1S/C13H25NO/c1-2-11(14)5-6-12-7-10-13(15-12)8-3-4-9-13/h11-12H,2-10,14H2,1H3.